The van der Waals surface area contributed by atoms with Gasteiger partial charge in [-0.2, -0.15) is 34.9 Å². The fourth-order valence-electron chi connectivity index (χ4n) is 20.5. The molecule has 0 aliphatic carbocycles. The van der Waals surface area contributed by atoms with E-state index in [-0.39, 0.29) is 0 Å². The van der Waals surface area contributed by atoms with Crippen molar-refractivity contribution in [2.75, 3.05) is 222 Å². The molecule has 0 radical (unpaired) electrons. The van der Waals surface area contributed by atoms with Crippen molar-refractivity contribution in [3.05, 3.63) is 188 Å². The second-order valence-corrected chi connectivity index (χ2v) is 38.2. The number of piperidine rings is 7. The highest BCUT2D eigenvalue weighted by molar-refractivity contribution is 5.92. The topological polar surface area (TPSA) is 375 Å². The second-order valence-electron chi connectivity index (χ2n) is 38.2. The standard InChI is InChI=1S/C21H30N4O.C19H27N5.C17H22N2O.C16H21N3O.3C12H20N4O/c1-4-21(13-8-12-18-10-6-5-7-11-18)14-9-15-25(16-21)19-22-17(2)23-20(24-19)26-3;1-2-19(11-6-10-16-8-4-3-5-9-16)12-7-13-24(14-19)18-22-15-21-17(20)23-18;1-2-20-13-14-6-5-11-19(12-14)17-16-8-4-3-7-15(16)9-10-18-17;1-2-20-11-13-6-5-9-19(10-13)16-14-7-3-4-8-15(14)17-12-18-16;3*1-2-17-9-10-4-3-7-16(8-10)11-5-6-14-12(13)15-11/h5-7,10-11H,4,8-9,12-16H2,1-3H3;3-5,8-9,15H,2,6-7,10-14H2,1H3,(H2,20,21,22,23);3-4,7-10,14H,2,5-6,11-13H2,1H3;3-4,7-8,12-13H,2,5-6,9-11H2,1H3;3*5-6,10H,2-4,7-9H2,1H3,(H2,13,14,15)/t;;;;2*10-;/m....10./s1. The van der Waals surface area contributed by atoms with Crippen LogP contribution in [0.1, 0.15) is 194 Å². The summed E-state index contributed by atoms with van der Waals surface area (Å²) in [6.45, 7) is 39.4. The van der Waals surface area contributed by atoms with Crippen molar-refractivity contribution in [2.45, 2.75) is 197 Å². The van der Waals surface area contributed by atoms with Crippen LogP contribution in [-0.4, -0.2) is 240 Å². The fraction of sp³-hybridized carbons (Fsp3) is 0.569. The number of anilines is 11. The van der Waals surface area contributed by atoms with Crippen LogP contribution >= 0.6 is 0 Å². The van der Waals surface area contributed by atoms with Gasteiger partial charge in [-0.25, -0.2) is 39.9 Å². The zero-order valence-corrected chi connectivity index (χ0v) is 85.7. The maximum absolute atomic E-state index is 5.72. The molecule has 7 atom stereocenters. The van der Waals surface area contributed by atoms with Crippen molar-refractivity contribution in [3.63, 3.8) is 0 Å². The van der Waals surface area contributed by atoms with Crippen molar-refractivity contribution in [1.82, 2.24) is 74.8 Å². The van der Waals surface area contributed by atoms with E-state index in [1.54, 1.807) is 32.0 Å². The van der Waals surface area contributed by atoms with Crippen LogP contribution in [0.3, 0.4) is 0 Å². The highest BCUT2D eigenvalue weighted by Gasteiger charge is 2.37. The Balaban J connectivity index is 0.000000148. The van der Waals surface area contributed by atoms with Gasteiger partial charge in [0.15, 0.2) is 0 Å². The molecule has 7 aliphatic heterocycles. The number of nitrogen functional groups attached to an aromatic ring is 4. The predicted molar refractivity (Wildman–Crippen MR) is 570 cm³/mol. The third kappa shape index (κ3) is 34.9. The van der Waals surface area contributed by atoms with E-state index >= 15 is 0 Å². The first kappa shape index (κ1) is 108. The Morgan fingerprint density at radius 1 is 0.340 bits per heavy atom. The van der Waals surface area contributed by atoms with E-state index in [9.17, 15) is 0 Å². The lowest BCUT2D eigenvalue weighted by Gasteiger charge is -2.42. The van der Waals surface area contributed by atoms with Crippen molar-refractivity contribution in [3.8, 4) is 6.01 Å². The molecule has 0 bridgehead atoms. The van der Waals surface area contributed by atoms with E-state index in [2.05, 4.69) is 240 Å². The quantitative estimate of drug-likeness (QED) is 0.0297. The summed E-state index contributed by atoms with van der Waals surface area (Å²) in [7, 11) is 1.61. The molecule has 141 heavy (non-hydrogen) atoms. The van der Waals surface area contributed by atoms with Gasteiger partial charge in [-0.3, -0.25) is 0 Å². The highest BCUT2D eigenvalue weighted by Crippen LogP contribution is 2.42. The van der Waals surface area contributed by atoms with E-state index in [4.69, 9.17) is 51.4 Å². The summed E-state index contributed by atoms with van der Waals surface area (Å²) >= 11 is 0. The molecule has 18 rings (SSSR count). The van der Waals surface area contributed by atoms with Crippen LogP contribution in [0.4, 0.5) is 64.8 Å². The van der Waals surface area contributed by atoms with E-state index in [1.165, 1.54) is 157 Å². The largest absolute Gasteiger partial charge is 0.467 e. The number of ether oxygens (including phenoxy) is 6. The lowest BCUT2D eigenvalue weighted by Crippen LogP contribution is -2.44. The predicted octanol–water partition coefficient (Wildman–Crippen LogP) is 18.0. The molecule has 5 unspecified atom stereocenters. The normalized spacial score (nSPS) is 20.2. The molecule has 7 fully saturated rings. The summed E-state index contributed by atoms with van der Waals surface area (Å²) in [4.78, 5) is 80.1. The number of hydrogen-bond donors (Lipinski definition) is 4. The highest BCUT2D eigenvalue weighted by atomic mass is 16.5. The van der Waals surface area contributed by atoms with Crippen LogP contribution in [-0.2, 0) is 36.5 Å². The molecule has 0 spiro atoms. The van der Waals surface area contributed by atoms with Crippen LogP contribution in [0, 0.1) is 47.3 Å². The van der Waals surface area contributed by atoms with Crippen LogP contribution in [0.5, 0.6) is 6.01 Å². The Hall–Kier alpha value is -11.7. The molecule has 7 aliphatic rings. The van der Waals surface area contributed by atoms with E-state index in [0.717, 1.165) is 222 Å². The van der Waals surface area contributed by atoms with Crippen molar-refractivity contribution in [2.24, 2.45) is 40.4 Å². The molecule has 7 aromatic heterocycles. The molecule has 14 heterocycles. The molecule has 11 aromatic rings. The summed E-state index contributed by atoms with van der Waals surface area (Å²) in [5.41, 5.74) is 27.1. The Kier molecular flexibility index (Phi) is 45.0. The number of aryl methyl sites for hydroxylation is 3. The van der Waals surface area contributed by atoms with Gasteiger partial charge < -0.3 is 85.7 Å². The smallest absolute Gasteiger partial charge is 0.321 e. The average molecular weight is 1930 g/mol. The summed E-state index contributed by atoms with van der Waals surface area (Å²) in [5, 5.41) is 3.67. The van der Waals surface area contributed by atoms with Gasteiger partial charge >= 0.3 is 6.01 Å². The first-order chi connectivity index (χ1) is 69.0. The number of rotatable bonds is 33. The average Bonchev–Trinajstić information content (AvgIpc) is 0.810. The van der Waals surface area contributed by atoms with Crippen LogP contribution in [0.2, 0.25) is 0 Å². The summed E-state index contributed by atoms with van der Waals surface area (Å²) < 4.78 is 32.9. The third-order valence-corrected chi connectivity index (χ3v) is 28.0. The van der Waals surface area contributed by atoms with Crippen LogP contribution in [0.25, 0.3) is 21.7 Å². The SMILES string of the molecule is CCC1(CCCc2ccccc2)CCCN(c2nc(C)nc(OC)n2)C1.CCC1(CCCc2ccccc2)CCCN(c2ncnc(N)n2)C1.CCOCC1CCCN(c2ccnc(N)n2)C1.CCOCC1CCCN(c2nccc3ccccc23)C1.CCOCC1CCCN(c2ncnc3ccccc23)C1.CCOC[C@@H]1CCCN(c2ccnc(N)n2)C1.CCOC[C@H]1CCCN(c2ccnc(N)n2)C1. The molecule has 32 nitrogen and oxygen atoms in total. The van der Waals surface area contributed by atoms with Crippen molar-refractivity contribution >= 4 is 86.5 Å². The van der Waals surface area contributed by atoms with Gasteiger partial charge in [-0.05, 0) is 276 Å². The number of fused-ring (bicyclic) bond motifs is 2. The molecule has 32 heteroatoms. The molecule has 0 saturated carbocycles. The summed E-state index contributed by atoms with van der Waals surface area (Å²) in [5.74, 6) is 11.5. The fourth-order valence-corrected chi connectivity index (χ4v) is 20.5. The molecule has 4 aromatic carbocycles. The first-order valence-electron chi connectivity index (χ1n) is 52.2. The molecule has 7 saturated heterocycles. The maximum atomic E-state index is 5.72. The van der Waals surface area contributed by atoms with Gasteiger partial charge in [0.05, 0.1) is 45.7 Å². The molecule has 762 valence electrons. The number of methoxy groups -OCH3 is 1. The number of benzene rings is 4. The minimum Gasteiger partial charge on any atom is -0.467 e. The number of aromatic nitrogens is 15. The van der Waals surface area contributed by atoms with Crippen molar-refractivity contribution < 1.29 is 28.4 Å². The van der Waals surface area contributed by atoms with Gasteiger partial charge in [0, 0.05) is 160 Å². The Morgan fingerprint density at radius 3 is 1.14 bits per heavy atom. The van der Waals surface area contributed by atoms with Crippen LogP contribution < -0.4 is 62.0 Å². The number of nitrogens with zero attached hydrogens (tertiary/aromatic N) is 22. The van der Waals surface area contributed by atoms with E-state index in [1.807, 2.05) is 64.2 Å². The van der Waals surface area contributed by atoms with E-state index < -0.39 is 0 Å². The van der Waals surface area contributed by atoms with Gasteiger partial charge in [0.1, 0.15) is 47.6 Å². The van der Waals surface area contributed by atoms with Gasteiger partial charge in [0.25, 0.3) is 0 Å². The summed E-state index contributed by atoms with van der Waals surface area (Å²) in [6.07, 6.45) is 37.0. The molecular weight excluding hydrogens is 1770 g/mol. The number of pyridine rings is 1. The van der Waals surface area contributed by atoms with Gasteiger partial charge in [0.2, 0.25) is 35.7 Å². The lowest BCUT2D eigenvalue weighted by molar-refractivity contribution is 0.104. The first-order valence-corrected chi connectivity index (χ1v) is 52.2. The van der Waals surface area contributed by atoms with Gasteiger partial charge in [-0.15, -0.1) is 0 Å². The monoisotopic (exact) mass is 1930 g/mol. The minimum atomic E-state index is 0.303. The Morgan fingerprint density at radius 2 is 0.716 bits per heavy atom. The molecule has 0 amide bonds. The Labute approximate surface area is 838 Å². The Bertz CT molecular complexity index is 5100. The third-order valence-electron chi connectivity index (χ3n) is 28.0. The van der Waals surface area contributed by atoms with Crippen molar-refractivity contribution in [1.29, 1.82) is 0 Å². The number of para-hydroxylation sites is 1. The minimum absolute atomic E-state index is 0.303. The number of hydrogen-bond acceptors (Lipinski definition) is 32. The number of nitrogens with two attached hydrogens (primary N) is 4. The van der Waals surface area contributed by atoms with E-state index in [0.29, 0.717) is 76.0 Å². The lowest BCUT2D eigenvalue weighted by atomic mass is 9.73. The zero-order chi connectivity index (χ0) is 99.1. The van der Waals surface area contributed by atoms with Gasteiger partial charge in [-0.1, -0.05) is 111 Å². The molecule has 8 N–H and O–H groups in total. The summed E-state index contributed by atoms with van der Waals surface area (Å²) in [6, 6.07) is 46.5. The molecular formula is C109H160N26O6. The second kappa shape index (κ2) is 58.6. The maximum Gasteiger partial charge on any atom is 0.321 e. The zero-order valence-electron chi connectivity index (χ0n) is 85.7. The van der Waals surface area contributed by atoms with Crippen LogP contribution in [0.15, 0.2) is 171 Å².